The van der Waals surface area contributed by atoms with Crippen LogP contribution in [-0.2, 0) is 22.7 Å². The summed E-state index contributed by atoms with van der Waals surface area (Å²) in [6.07, 6.45) is 6.06. The molecule has 12 N–H and O–H groups in total. The maximum Gasteiger partial charge on any atom is 0.307 e. The van der Waals surface area contributed by atoms with E-state index in [4.69, 9.17) is 21.7 Å². The minimum absolute atomic E-state index is 0. The Morgan fingerprint density at radius 2 is 1.12 bits per heavy atom. The molecule has 18 heteroatoms. The standard InChI is InChI=1S/2C8H9N5O2.2ClH.2H2O/c2*9-7-6-8(11-3-10-7)13(4-12-6)2-1-5(14)15;;;;/h2*3-4H,1-2H2,(H3,9,10,11,14,15);2*1H;2*1H2. The number of aromatic nitrogens is 8. The molecule has 4 aromatic rings. The van der Waals surface area contributed by atoms with Crippen molar-refractivity contribution in [2.24, 2.45) is 0 Å². The van der Waals surface area contributed by atoms with Crippen molar-refractivity contribution in [2.75, 3.05) is 11.5 Å². The SMILES string of the molecule is Nc1ncnc2c1[nH]c[n+]2CCC(=O)O.Nc1ncnc2c1[nH]c[n+]2CCC(=O)O.O.O.[Cl-].[Cl-]. The number of hydrogen-bond donors (Lipinski definition) is 6. The molecule has 0 bridgehead atoms. The van der Waals surface area contributed by atoms with Gasteiger partial charge in [0.1, 0.15) is 0 Å². The van der Waals surface area contributed by atoms with Crippen LogP contribution in [0.1, 0.15) is 12.8 Å². The normalized spacial score (nSPS) is 9.41. The molecule has 0 saturated heterocycles. The number of nitrogens with zero attached hydrogens (tertiary/aromatic N) is 6. The molecule has 4 heterocycles. The highest BCUT2D eigenvalue weighted by Crippen LogP contribution is 2.09. The largest absolute Gasteiger partial charge is 1.00 e. The third-order valence-corrected chi connectivity index (χ3v) is 4.12. The van der Waals surface area contributed by atoms with Gasteiger partial charge >= 0.3 is 23.2 Å². The van der Waals surface area contributed by atoms with Gasteiger partial charge in [0.2, 0.25) is 11.0 Å². The summed E-state index contributed by atoms with van der Waals surface area (Å²) in [6, 6.07) is 0. The van der Waals surface area contributed by atoms with Crippen molar-refractivity contribution >= 4 is 45.9 Å². The number of carbonyl (C=O) groups is 2. The summed E-state index contributed by atoms with van der Waals surface area (Å²) in [5.74, 6) is -0.985. The summed E-state index contributed by atoms with van der Waals surface area (Å²) in [7, 11) is 0. The van der Waals surface area contributed by atoms with Crippen molar-refractivity contribution < 1.29 is 64.7 Å². The molecule has 34 heavy (non-hydrogen) atoms. The van der Waals surface area contributed by atoms with Gasteiger partial charge in [0.25, 0.3) is 0 Å². The summed E-state index contributed by atoms with van der Waals surface area (Å²) < 4.78 is 3.39. The molecule has 0 unspecified atom stereocenters. The molecule has 0 aliphatic heterocycles. The van der Waals surface area contributed by atoms with E-state index < -0.39 is 11.9 Å². The van der Waals surface area contributed by atoms with Gasteiger partial charge in [-0.05, 0) is 0 Å². The van der Waals surface area contributed by atoms with Crippen LogP contribution < -0.4 is 45.4 Å². The van der Waals surface area contributed by atoms with Crippen molar-refractivity contribution in [3.8, 4) is 0 Å². The van der Waals surface area contributed by atoms with E-state index >= 15 is 0 Å². The number of carboxylic acid groups (broad SMARTS) is 2. The van der Waals surface area contributed by atoms with Crippen LogP contribution >= 0.6 is 0 Å². The lowest BCUT2D eigenvalue weighted by atomic mass is 10.4. The number of rotatable bonds is 6. The van der Waals surface area contributed by atoms with E-state index in [1.807, 2.05) is 0 Å². The quantitative estimate of drug-likeness (QED) is 0.130. The van der Waals surface area contributed by atoms with Crippen LogP contribution in [0, 0.1) is 0 Å². The van der Waals surface area contributed by atoms with Gasteiger partial charge in [-0.1, -0.05) is 9.97 Å². The van der Waals surface area contributed by atoms with Crippen molar-refractivity contribution in [2.45, 2.75) is 25.9 Å². The van der Waals surface area contributed by atoms with Gasteiger partial charge in [0.15, 0.2) is 36.9 Å². The fourth-order valence-electron chi connectivity index (χ4n) is 2.67. The Morgan fingerprint density at radius 3 is 1.44 bits per heavy atom. The summed E-state index contributed by atoms with van der Waals surface area (Å²) >= 11 is 0. The molecule has 0 fully saturated rings. The maximum absolute atomic E-state index is 10.4. The Labute approximate surface area is 203 Å². The molecular weight excluding hydrogens is 499 g/mol. The van der Waals surface area contributed by atoms with E-state index in [1.54, 1.807) is 21.8 Å². The van der Waals surface area contributed by atoms with Gasteiger partial charge in [-0.3, -0.25) is 19.6 Å². The third-order valence-electron chi connectivity index (χ3n) is 4.12. The average molecular weight is 523 g/mol. The summed E-state index contributed by atoms with van der Waals surface area (Å²) in [6.45, 7) is 0.706. The highest BCUT2D eigenvalue weighted by molar-refractivity contribution is 5.78. The summed E-state index contributed by atoms with van der Waals surface area (Å²) in [5.41, 5.74) is 13.7. The van der Waals surface area contributed by atoms with Crippen LogP contribution in [0.25, 0.3) is 22.3 Å². The van der Waals surface area contributed by atoms with Crippen LogP contribution in [0.3, 0.4) is 0 Å². The van der Waals surface area contributed by atoms with Gasteiger partial charge in [-0.25, -0.2) is 9.13 Å². The monoisotopic (exact) mass is 522 g/mol. The number of H-pyrrole nitrogens is 2. The Hall–Kier alpha value is -3.86. The Bertz CT molecular complexity index is 1120. The van der Waals surface area contributed by atoms with Crippen molar-refractivity contribution in [1.29, 1.82) is 0 Å². The van der Waals surface area contributed by atoms with Gasteiger partial charge in [0, 0.05) is 0 Å². The van der Waals surface area contributed by atoms with Crippen LogP contribution in [0.4, 0.5) is 11.6 Å². The van der Waals surface area contributed by atoms with E-state index in [-0.39, 0.29) is 48.6 Å². The first kappa shape index (κ1) is 32.3. The highest BCUT2D eigenvalue weighted by atomic mass is 35.5. The van der Waals surface area contributed by atoms with Crippen LogP contribution in [0.2, 0.25) is 0 Å². The second-order valence-electron chi connectivity index (χ2n) is 6.14. The number of hydrogen-bond acceptors (Lipinski definition) is 8. The molecule has 188 valence electrons. The molecule has 0 saturated carbocycles. The first-order valence-corrected chi connectivity index (χ1v) is 8.74. The smallest absolute Gasteiger partial charge is 0.307 e. The van der Waals surface area contributed by atoms with Gasteiger partial charge < -0.3 is 57.4 Å². The van der Waals surface area contributed by atoms with E-state index in [1.165, 1.54) is 12.7 Å². The van der Waals surface area contributed by atoms with Crippen molar-refractivity contribution in [3.05, 3.63) is 25.3 Å². The first-order chi connectivity index (χ1) is 14.4. The summed E-state index contributed by atoms with van der Waals surface area (Å²) in [5, 5.41) is 17.1. The van der Waals surface area contributed by atoms with E-state index in [0.29, 0.717) is 47.1 Å². The molecule has 0 amide bonds. The van der Waals surface area contributed by atoms with Gasteiger partial charge in [0.05, 0.1) is 25.9 Å². The fraction of sp³-hybridized carbons (Fsp3) is 0.250. The van der Waals surface area contributed by atoms with Crippen LogP contribution in [-0.4, -0.2) is 63.0 Å². The fourth-order valence-corrected chi connectivity index (χ4v) is 2.67. The zero-order chi connectivity index (χ0) is 21.7. The minimum atomic E-state index is -0.848. The molecule has 0 aliphatic rings. The Balaban J connectivity index is 0. The Morgan fingerprint density at radius 1 is 0.765 bits per heavy atom. The highest BCUT2D eigenvalue weighted by Gasteiger charge is 2.15. The zero-order valence-electron chi connectivity index (χ0n) is 17.4. The molecule has 0 aromatic carbocycles. The predicted octanol–water partition coefficient (Wildman–Crippen LogP) is -9.04. The number of aliphatic carboxylic acids is 2. The number of nitrogen functional groups attached to an aromatic ring is 2. The number of carboxylic acids is 2. The number of halogens is 2. The first-order valence-electron chi connectivity index (χ1n) is 8.74. The number of aromatic amines is 2. The second-order valence-corrected chi connectivity index (χ2v) is 6.14. The lowest BCUT2D eigenvalue weighted by Crippen LogP contribution is -3.00. The van der Waals surface area contributed by atoms with Crippen LogP contribution in [0.5, 0.6) is 0 Å². The zero-order valence-corrected chi connectivity index (χ0v) is 19.0. The molecule has 0 radical (unpaired) electrons. The molecule has 0 atom stereocenters. The van der Waals surface area contributed by atoms with Crippen LogP contribution in [0.15, 0.2) is 25.3 Å². The Kier molecular flexibility index (Phi) is 13.6. The third kappa shape index (κ3) is 7.62. The number of imidazole rings is 2. The number of aryl methyl sites for hydroxylation is 2. The number of fused-ring (bicyclic) bond motifs is 2. The van der Waals surface area contributed by atoms with E-state index in [9.17, 15) is 9.59 Å². The van der Waals surface area contributed by atoms with Crippen molar-refractivity contribution in [3.63, 3.8) is 0 Å². The van der Waals surface area contributed by atoms with Crippen molar-refractivity contribution in [1.82, 2.24) is 29.9 Å². The molecule has 4 aromatic heterocycles. The van der Waals surface area contributed by atoms with Gasteiger partial charge in [-0.2, -0.15) is 9.97 Å². The molecule has 16 nitrogen and oxygen atoms in total. The number of nitrogens with one attached hydrogen (secondary N) is 2. The average Bonchev–Trinajstić information content (AvgIpc) is 3.31. The number of nitrogens with two attached hydrogens (primary N) is 2. The molecule has 0 aliphatic carbocycles. The topological polar surface area (TPSA) is 281 Å². The second kappa shape index (κ2) is 14.3. The minimum Gasteiger partial charge on any atom is -1.00 e. The molecular formula is C16H24Cl2N10O6. The molecule has 4 rings (SSSR count). The maximum atomic E-state index is 10.4. The lowest BCUT2D eigenvalue weighted by molar-refractivity contribution is -0.672. The number of anilines is 2. The van der Waals surface area contributed by atoms with E-state index in [0.717, 1.165) is 0 Å². The summed E-state index contributed by atoms with van der Waals surface area (Å²) in [4.78, 5) is 42.3. The lowest BCUT2D eigenvalue weighted by Gasteiger charge is -1.93. The predicted molar refractivity (Wildman–Crippen MR) is 109 cm³/mol. The van der Waals surface area contributed by atoms with E-state index in [2.05, 4.69) is 29.9 Å². The van der Waals surface area contributed by atoms with Gasteiger partial charge in [-0.15, -0.1) is 0 Å². The molecule has 0 spiro atoms.